The van der Waals surface area contributed by atoms with Gasteiger partial charge in [-0.2, -0.15) is 10.2 Å². The molecule has 13 heteroatoms. The summed E-state index contributed by atoms with van der Waals surface area (Å²) in [5.74, 6) is 1.05. The predicted molar refractivity (Wildman–Crippen MR) is 144 cm³/mol. The van der Waals surface area contributed by atoms with Gasteiger partial charge in [0.05, 0.1) is 30.6 Å². The van der Waals surface area contributed by atoms with Crippen molar-refractivity contribution in [2.75, 3.05) is 35.2 Å². The lowest BCUT2D eigenvalue weighted by Crippen LogP contribution is -2.33. The maximum absolute atomic E-state index is 14.0. The number of rotatable bonds is 8. The largest absolute Gasteiger partial charge is 0.487 e. The molecular formula is C27H31F3N8O2. The lowest BCUT2D eigenvalue weighted by atomic mass is 9.93. The molecule has 3 aromatic heterocycles. The number of aliphatic hydroxyl groups is 1. The zero-order chi connectivity index (χ0) is 27.8. The van der Waals surface area contributed by atoms with E-state index in [2.05, 4.69) is 25.7 Å². The highest BCUT2D eigenvalue weighted by atomic mass is 19.3. The van der Waals surface area contributed by atoms with Crippen molar-refractivity contribution in [3.63, 3.8) is 0 Å². The van der Waals surface area contributed by atoms with Gasteiger partial charge in [0.1, 0.15) is 41.2 Å². The second-order valence-electron chi connectivity index (χ2n) is 10.2. The highest BCUT2D eigenvalue weighted by molar-refractivity contribution is 5.82. The van der Waals surface area contributed by atoms with Gasteiger partial charge in [-0.1, -0.05) is 12.8 Å². The molecule has 1 saturated carbocycles. The quantitative estimate of drug-likeness (QED) is 0.281. The molecule has 3 atom stereocenters. The van der Waals surface area contributed by atoms with Gasteiger partial charge in [0, 0.05) is 24.8 Å². The Bertz CT molecular complexity index is 1490. The molecule has 3 unspecified atom stereocenters. The smallest absolute Gasteiger partial charge is 0.272 e. The molecule has 10 nitrogen and oxygen atoms in total. The second kappa shape index (κ2) is 10.9. The van der Waals surface area contributed by atoms with E-state index in [9.17, 15) is 18.3 Å². The highest BCUT2D eigenvalue weighted by Crippen LogP contribution is 2.40. The van der Waals surface area contributed by atoms with Crippen LogP contribution >= 0.6 is 0 Å². The van der Waals surface area contributed by atoms with Crippen molar-refractivity contribution in [3.05, 3.63) is 54.2 Å². The third-order valence-corrected chi connectivity index (χ3v) is 7.51. The van der Waals surface area contributed by atoms with Crippen LogP contribution in [-0.4, -0.2) is 61.7 Å². The zero-order valence-electron chi connectivity index (χ0n) is 22.0. The molecule has 0 radical (unpaired) electrons. The van der Waals surface area contributed by atoms with Crippen LogP contribution in [0.4, 0.5) is 36.2 Å². The van der Waals surface area contributed by atoms with Gasteiger partial charge in [-0.15, -0.1) is 0 Å². The van der Waals surface area contributed by atoms with Crippen LogP contribution in [-0.2, 0) is 0 Å². The molecular weight excluding hydrogens is 525 g/mol. The molecule has 1 fully saturated rings. The maximum Gasteiger partial charge on any atom is 0.272 e. The zero-order valence-corrected chi connectivity index (χ0v) is 22.0. The van der Waals surface area contributed by atoms with E-state index in [-0.39, 0.29) is 11.8 Å². The number of fused-ring (bicyclic) bond motifs is 2. The Morgan fingerprint density at radius 3 is 2.80 bits per heavy atom. The number of nitrogens with one attached hydrogen (secondary N) is 2. The first-order chi connectivity index (χ1) is 19.4. The van der Waals surface area contributed by atoms with Crippen LogP contribution in [0.15, 0.2) is 42.9 Å². The Hall–Kier alpha value is -4.00. The van der Waals surface area contributed by atoms with Crippen molar-refractivity contribution >= 4 is 28.7 Å². The number of aromatic nitrogens is 5. The number of aliphatic hydroxyl groups excluding tert-OH is 1. The first-order valence-corrected chi connectivity index (χ1v) is 13.5. The van der Waals surface area contributed by atoms with Crippen LogP contribution in [0.1, 0.15) is 50.3 Å². The summed E-state index contributed by atoms with van der Waals surface area (Å²) >= 11 is 0. The lowest BCUT2D eigenvalue weighted by molar-refractivity contribution is 0.0704. The number of nitrogens with zero attached hydrogens (tertiary/aromatic N) is 6. The topological polar surface area (TPSA) is 105 Å². The number of hydrogen-bond donors (Lipinski definition) is 3. The van der Waals surface area contributed by atoms with Gasteiger partial charge in [-0.05, 0) is 44.0 Å². The number of ether oxygens (including phenoxy) is 1. The Morgan fingerprint density at radius 2 is 1.98 bits per heavy atom. The van der Waals surface area contributed by atoms with E-state index in [0.29, 0.717) is 30.1 Å². The van der Waals surface area contributed by atoms with Crippen molar-refractivity contribution in [2.24, 2.45) is 0 Å². The van der Waals surface area contributed by atoms with Crippen LogP contribution in [0, 0.1) is 5.82 Å². The molecule has 3 N–H and O–H groups in total. The molecule has 212 valence electrons. The van der Waals surface area contributed by atoms with Crippen molar-refractivity contribution in [1.29, 1.82) is 0 Å². The molecule has 1 aromatic carbocycles. The van der Waals surface area contributed by atoms with Crippen molar-refractivity contribution < 1.29 is 23.0 Å². The fraction of sp³-hybridized carbons (Fsp3) is 0.444. The molecule has 0 amide bonds. The van der Waals surface area contributed by atoms with Gasteiger partial charge in [0.2, 0.25) is 0 Å². The molecule has 4 heterocycles. The molecule has 1 aliphatic carbocycles. The minimum absolute atomic E-state index is 0.0679. The standard InChI is InChI=1S/C27H31F3N8O2/c1-16(18-12-17(28)6-7-23(18)40-15-24(29)30)34-25-8-10-37-27(35-25)21(13-32-37)36-11-9-31-26-20(36)14-33-38(26)19-4-2-3-5-22(19)39/h6-8,10,12-14,16,19,22,24,31,39H,2-5,9,11,15H2,1H3,(H,34,35). The molecule has 0 saturated heterocycles. The van der Waals surface area contributed by atoms with E-state index < -0.39 is 31.0 Å². The molecule has 0 spiro atoms. The summed E-state index contributed by atoms with van der Waals surface area (Å²) in [4.78, 5) is 6.90. The maximum atomic E-state index is 14.0. The summed E-state index contributed by atoms with van der Waals surface area (Å²) in [6.07, 6.45) is 5.98. The van der Waals surface area contributed by atoms with E-state index in [1.54, 1.807) is 36.1 Å². The van der Waals surface area contributed by atoms with Gasteiger partial charge >= 0.3 is 0 Å². The summed E-state index contributed by atoms with van der Waals surface area (Å²) in [6.45, 7) is 2.34. The Balaban J connectivity index is 1.28. The van der Waals surface area contributed by atoms with Crippen LogP contribution in [0.5, 0.6) is 5.75 Å². The third-order valence-electron chi connectivity index (χ3n) is 7.51. The lowest BCUT2D eigenvalue weighted by Gasteiger charge is -2.32. The van der Waals surface area contributed by atoms with Gasteiger partial charge in [0.25, 0.3) is 6.43 Å². The summed E-state index contributed by atoms with van der Waals surface area (Å²) in [5, 5.41) is 26.4. The minimum atomic E-state index is -2.64. The van der Waals surface area contributed by atoms with Gasteiger partial charge in [-0.3, -0.25) is 0 Å². The van der Waals surface area contributed by atoms with Gasteiger partial charge in [0.15, 0.2) is 5.65 Å². The fourth-order valence-corrected chi connectivity index (χ4v) is 5.58. The first-order valence-electron chi connectivity index (χ1n) is 13.5. The van der Waals surface area contributed by atoms with Crippen molar-refractivity contribution in [2.45, 2.75) is 57.2 Å². The number of halogens is 3. The van der Waals surface area contributed by atoms with E-state index >= 15 is 0 Å². The van der Waals surface area contributed by atoms with E-state index in [1.165, 1.54) is 18.2 Å². The SMILES string of the molecule is CC(Nc1ccn2ncc(N3CCNc4c3cnn4C3CCCCC3O)c2n1)c1cc(F)ccc1OCC(F)F. The van der Waals surface area contributed by atoms with Crippen LogP contribution in [0.3, 0.4) is 0 Å². The van der Waals surface area contributed by atoms with Crippen LogP contribution in [0.2, 0.25) is 0 Å². The van der Waals surface area contributed by atoms with Crippen LogP contribution < -0.4 is 20.3 Å². The summed E-state index contributed by atoms with van der Waals surface area (Å²) in [5.41, 5.74) is 2.67. The Kier molecular flexibility index (Phi) is 7.13. The third kappa shape index (κ3) is 5.01. The van der Waals surface area contributed by atoms with Crippen LogP contribution in [0.25, 0.3) is 5.65 Å². The number of hydrogen-bond acceptors (Lipinski definition) is 8. The summed E-state index contributed by atoms with van der Waals surface area (Å²) in [6, 6.07) is 4.98. The molecule has 2 aliphatic rings. The van der Waals surface area contributed by atoms with E-state index in [0.717, 1.165) is 42.9 Å². The number of anilines is 4. The van der Waals surface area contributed by atoms with Crippen molar-refractivity contribution in [3.8, 4) is 5.75 Å². The number of alkyl halides is 2. The molecule has 1 aliphatic heterocycles. The van der Waals surface area contributed by atoms with Gasteiger partial charge < -0.3 is 25.4 Å². The van der Waals surface area contributed by atoms with Gasteiger partial charge in [-0.25, -0.2) is 27.4 Å². The van der Waals surface area contributed by atoms with E-state index in [1.807, 2.05) is 4.68 Å². The molecule has 40 heavy (non-hydrogen) atoms. The number of benzene rings is 1. The van der Waals surface area contributed by atoms with E-state index in [4.69, 9.17) is 9.72 Å². The van der Waals surface area contributed by atoms with Crippen molar-refractivity contribution in [1.82, 2.24) is 24.4 Å². The molecule has 0 bridgehead atoms. The highest BCUT2D eigenvalue weighted by Gasteiger charge is 2.32. The Labute approximate surface area is 228 Å². The monoisotopic (exact) mass is 556 g/mol. The summed E-state index contributed by atoms with van der Waals surface area (Å²) < 4.78 is 48.3. The average molecular weight is 557 g/mol. The molecule has 6 rings (SSSR count). The average Bonchev–Trinajstić information content (AvgIpc) is 3.57. The minimum Gasteiger partial charge on any atom is -0.487 e. The second-order valence-corrected chi connectivity index (χ2v) is 10.2. The Morgan fingerprint density at radius 1 is 1.15 bits per heavy atom. The predicted octanol–water partition coefficient (Wildman–Crippen LogP) is 4.92. The first kappa shape index (κ1) is 26.2. The molecule has 4 aromatic rings. The summed E-state index contributed by atoms with van der Waals surface area (Å²) in [7, 11) is 0. The fourth-order valence-electron chi connectivity index (χ4n) is 5.58. The normalized spacial score (nSPS) is 19.9.